The van der Waals surface area contributed by atoms with Gasteiger partial charge in [0, 0.05) is 19.0 Å². The lowest BCUT2D eigenvalue weighted by Gasteiger charge is -2.49. The summed E-state index contributed by atoms with van der Waals surface area (Å²) in [5.41, 5.74) is 0.463. The van der Waals surface area contributed by atoms with Crippen molar-refractivity contribution in [2.24, 2.45) is 5.41 Å². The lowest BCUT2D eigenvalue weighted by atomic mass is 9.66. The average Bonchev–Trinajstić information content (AvgIpc) is 2.34. The summed E-state index contributed by atoms with van der Waals surface area (Å²) < 4.78 is 0. The summed E-state index contributed by atoms with van der Waals surface area (Å²) in [6.45, 7) is 6.34. The van der Waals surface area contributed by atoms with E-state index >= 15 is 0 Å². The van der Waals surface area contributed by atoms with E-state index in [1.807, 2.05) is 0 Å². The molecule has 2 fully saturated rings. The van der Waals surface area contributed by atoms with E-state index < -0.39 is 0 Å². The predicted molar refractivity (Wildman–Crippen MR) is 48.0 cm³/mol. The van der Waals surface area contributed by atoms with Crippen molar-refractivity contribution in [1.29, 1.82) is 0 Å². The summed E-state index contributed by atoms with van der Waals surface area (Å²) in [7, 11) is 0. The molecule has 1 saturated carbocycles. The van der Waals surface area contributed by atoms with Gasteiger partial charge in [-0.2, -0.15) is 0 Å². The Morgan fingerprint density at radius 3 is 2.58 bits per heavy atom. The van der Waals surface area contributed by atoms with E-state index in [2.05, 4.69) is 18.7 Å². The van der Waals surface area contributed by atoms with Gasteiger partial charge in [0.1, 0.15) is 5.78 Å². The van der Waals surface area contributed by atoms with Gasteiger partial charge in [0.2, 0.25) is 0 Å². The lowest BCUT2D eigenvalue weighted by molar-refractivity contribution is -0.117. The van der Waals surface area contributed by atoms with E-state index in [9.17, 15) is 4.79 Å². The third-order valence-electron chi connectivity index (χ3n) is 3.46. The quantitative estimate of drug-likeness (QED) is 0.589. The number of rotatable bonds is 1. The highest BCUT2D eigenvalue weighted by molar-refractivity contribution is 5.82. The zero-order chi connectivity index (χ0) is 8.77. The molecule has 1 unspecified atom stereocenters. The number of hydrogen-bond donors (Lipinski definition) is 0. The average molecular weight is 167 g/mol. The third kappa shape index (κ3) is 1.18. The number of nitrogens with zero attached hydrogens (tertiary/aromatic N) is 1. The summed E-state index contributed by atoms with van der Waals surface area (Å²) in [6.07, 6.45) is 3.40. The van der Waals surface area contributed by atoms with Crippen molar-refractivity contribution < 1.29 is 4.79 Å². The number of carbonyl (C=O) groups excluding carboxylic acids is 1. The molecule has 0 aromatic heterocycles. The van der Waals surface area contributed by atoms with E-state index in [0.29, 0.717) is 23.8 Å². The number of carbonyl (C=O) groups is 1. The van der Waals surface area contributed by atoms with Crippen molar-refractivity contribution in [1.82, 2.24) is 4.90 Å². The third-order valence-corrected chi connectivity index (χ3v) is 3.46. The fourth-order valence-corrected chi connectivity index (χ4v) is 2.45. The van der Waals surface area contributed by atoms with Crippen LogP contribution < -0.4 is 0 Å². The van der Waals surface area contributed by atoms with E-state index in [4.69, 9.17) is 0 Å². The maximum atomic E-state index is 11.1. The summed E-state index contributed by atoms with van der Waals surface area (Å²) in [5.74, 6) is 0.428. The Labute approximate surface area is 73.9 Å². The summed E-state index contributed by atoms with van der Waals surface area (Å²) in [4.78, 5) is 13.4. The molecule has 0 aromatic carbocycles. The van der Waals surface area contributed by atoms with Gasteiger partial charge >= 0.3 is 0 Å². The van der Waals surface area contributed by atoms with Crippen LogP contribution in [0.15, 0.2) is 0 Å². The maximum absolute atomic E-state index is 11.1. The van der Waals surface area contributed by atoms with Gasteiger partial charge in [-0.05, 0) is 18.3 Å². The van der Waals surface area contributed by atoms with Crippen LogP contribution in [0, 0.1) is 5.41 Å². The largest absolute Gasteiger partial charge is 0.298 e. The van der Waals surface area contributed by atoms with Gasteiger partial charge in [-0.3, -0.25) is 9.69 Å². The molecule has 68 valence electrons. The molecule has 1 aliphatic carbocycles. The Kier molecular flexibility index (Phi) is 1.76. The van der Waals surface area contributed by atoms with Crippen LogP contribution in [0.5, 0.6) is 0 Å². The van der Waals surface area contributed by atoms with Crippen LogP contribution in [0.3, 0.4) is 0 Å². The molecule has 0 N–H and O–H groups in total. The predicted octanol–water partition coefficient (Wildman–Crippen LogP) is 1.45. The van der Waals surface area contributed by atoms with Crippen molar-refractivity contribution in [3.8, 4) is 0 Å². The Morgan fingerprint density at radius 1 is 1.50 bits per heavy atom. The van der Waals surface area contributed by atoms with E-state index in [0.717, 1.165) is 13.0 Å². The molecular formula is C10H17NO. The first-order valence-corrected chi connectivity index (χ1v) is 4.85. The van der Waals surface area contributed by atoms with Crippen LogP contribution >= 0.6 is 0 Å². The normalized spacial score (nSPS) is 35.2. The molecule has 0 spiro atoms. The molecule has 0 aromatic rings. The molecule has 0 bridgehead atoms. The zero-order valence-corrected chi connectivity index (χ0v) is 7.97. The van der Waals surface area contributed by atoms with Gasteiger partial charge in [0.15, 0.2) is 0 Å². The second-order valence-electron chi connectivity index (χ2n) is 4.80. The first-order chi connectivity index (χ1) is 5.59. The van der Waals surface area contributed by atoms with E-state index in [-0.39, 0.29) is 0 Å². The summed E-state index contributed by atoms with van der Waals surface area (Å²) in [5, 5.41) is 0. The molecule has 1 atom stereocenters. The van der Waals surface area contributed by atoms with E-state index in [1.165, 1.54) is 12.8 Å². The van der Waals surface area contributed by atoms with Crippen LogP contribution in [0.1, 0.15) is 33.1 Å². The smallest absolute Gasteiger partial charge is 0.148 e. The van der Waals surface area contributed by atoms with Crippen LogP contribution in [0.2, 0.25) is 0 Å². The molecule has 0 radical (unpaired) electrons. The minimum atomic E-state index is 0.428. The maximum Gasteiger partial charge on any atom is 0.148 e. The van der Waals surface area contributed by atoms with Gasteiger partial charge in [-0.1, -0.05) is 13.8 Å². The van der Waals surface area contributed by atoms with Crippen molar-refractivity contribution in [2.45, 2.75) is 39.2 Å². The van der Waals surface area contributed by atoms with Crippen molar-refractivity contribution >= 4 is 5.78 Å². The van der Waals surface area contributed by atoms with Crippen molar-refractivity contribution in [3.05, 3.63) is 0 Å². The molecule has 2 heteroatoms. The Bertz CT molecular complexity index is 210. The Morgan fingerprint density at radius 2 is 2.25 bits per heavy atom. The number of Topliss-reactive ketones (excluding diaryl/α,β-unsaturated/α-hetero) is 1. The molecule has 2 nitrogen and oxygen atoms in total. The molecule has 2 aliphatic rings. The first-order valence-electron chi connectivity index (χ1n) is 4.85. The highest BCUT2D eigenvalue weighted by Crippen LogP contribution is 2.44. The number of likely N-dealkylation sites (tertiary alicyclic amines) is 1. The summed E-state index contributed by atoms with van der Waals surface area (Å²) >= 11 is 0. The van der Waals surface area contributed by atoms with Crippen molar-refractivity contribution in [3.63, 3.8) is 0 Å². The second-order valence-corrected chi connectivity index (χ2v) is 4.80. The minimum Gasteiger partial charge on any atom is -0.298 e. The van der Waals surface area contributed by atoms with Gasteiger partial charge in [0.25, 0.3) is 0 Å². The van der Waals surface area contributed by atoms with Crippen LogP contribution in [-0.2, 0) is 4.79 Å². The number of hydrogen-bond acceptors (Lipinski definition) is 2. The Balaban J connectivity index is 1.98. The minimum absolute atomic E-state index is 0.428. The zero-order valence-electron chi connectivity index (χ0n) is 7.97. The fourth-order valence-electron chi connectivity index (χ4n) is 2.45. The van der Waals surface area contributed by atoms with Crippen LogP contribution in [0.25, 0.3) is 0 Å². The van der Waals surface area contributed by atoms with Crippen molar-refractivity contribution in [2.75, 3.05) is 13.1 Å². The van der Waals surface area contributed by atoms with Gasteiger partial charge in [-0.25, -0.2) is 0 Å². The van der Waals surface area contributed by atoms with Gasteiger partial charge in [-0.15, -0.1) is 0 Å². The molecule has 12 heavy (non-hydrogen) atoms. The Hall–Kier alpha value is -0.370. The van der Waals surface area contributed by atoms with Gasteiger partial charge < -0.3 is 0 Å². The molecule has 1 aliphatic heterocycles. The lowest BCUT2D eigenvalue weighted by Crippen LogP contribution is -2.51. The standard InChI is InChI=1S/C10H17NO/c1-10(2)5-3-9(10)11-6-4-8(12)7-11/h9H,3-7H2,1-2H3. The first kappa shape index (κ1) is 8.24. The van der Waals surface area contributed by atoms with Crippen LogP contribution in [-0.4, -0.2) is 29.8 Å². The molecule has 1 saturated heterocycles. The van der Waals surface area contributed by atoms with Crippen LogP contribution in [0.4, 0.5) is 0 Å². The molecule has 1 heterocycles. The molecule has 2 rings (SSSR count). The second kappa shape index (κ2) is 2.56. The van der Waals surface area contributed by atoms with Gasteiger partial charge in [0.05, 0.1) is 6.54 Å². The fraction of sp³-hybridized carbons (Fsp3) is 0.900. The number of ketones is 1. The highest BCUT2D eigenvalue weighted by atomic mass is 16.1. The topological polar surface area (TPSA) is 20.3 Å². The molecular weight excluding hydrogens is 150 g/mol. The SMILES string of the molecule is CC1(C)CCC1N1CCC(=O)C1. The monoisotopic (exact) mass is 167 g/mol. The highest BCUT2D eigenvalue weighted by Gasteiger charge is 2.43. The molecule has 0 amide bonds. The summed E-state index contributed by atoms with van der Waals surface area (Å²) in [6, 6.07) is 0.684. The van der Waals surface area contributed by atoms with E-state index in [1.54, 1.807) is 0 Å².